The highest BCUT2D eigenvalue weighted by atomic mass is 19.3. The molecule has 0 aliphatic carbocycles. The van der Waals surface area contributed by atoms with Gasteiger partial charge in [-0.05, 0) is 36.8 Å². The summed E-state index contributed by atoms with van der Waals surface area (Å²) in [5.41, 5.74) is 3.69. The van der Waals surface area contributed by atoms with Gasteiger partial charge in [-0.3, -0.25) is 9.48 Å². The lowest BCUT2D eigenvalue weighted by molar-refractivity contribution is -0.117. The molecule has 0 radical (unpaired) electrons. The maximum Gasteiger partial charge on any atom is 0.257 e. The minimum absolute atomic E-state index is 0.0350. The van der Waals surface area contributed by atoms with Gasteiger partial charge in [0.15, 0.2) is 0 Å². The van der Waals surface area contributed by atoms with Gasteiger partial charge in [0, 0.05) is 31.3 Å². The molecule has 2 aromatic heterocycles. The number of carbonyl (C=O) groups excluding carboxylic acids is 1. The minimum Gasteiger partial charge on any atom is -0.366 e. The third kappa shape index (κ3) is 5.74. The number of nitrogens with zero attached hydrogens (tertiary/aromatic N) is 4. The lowest BCUT2D eigenvalue weighted by atomic mass is 9.92. The molecule has 3 rings (SSSR count). The summed E-state index contributed by atoms with van der Waals surface area (Å²) in [5, 5.41) is 6.97. The van der Waals surface area contributed by atoms with E-state index < -0.39 is 13.0 Å². The number of aromatic nitrogens is 3. The van der Waals surface area contributed by atoms with E-state index in [-0.39, 0.29) is 11.3 Å². The van der Waals surface area contributed by atoms with E-state index in [1.165, 1.54) is 4.68 Å². The van der Waals surface area contributed by atoms with Crippen LogP contribution in [-0.2, 0) is 24.3 Å². The molecule has 0 bridgehead atoms. The van der Waals surface area contributed by atoms with E-state index in [0.717, 1.165) is 41.9 Å². The van der Waals surface area contributed by atoms with Gasteiger partial charge in [0.05, 0.1) is 17.6 Å². The SMILES string of the molecule is Cc1cc2c(nc1NC(=O)CC(C)(C)C)CCCN2Cc1cnn(CC(F)F)c1. The van der Waals surface area contributed by atoms with Crippen LogP contribution in [0.5, 0.6) is 0 Å². The fraction of sp³-hybridized carbons (Fsp3) is 0.571. The third-order valence-electron chi connectivity index (χ3n) is 4.79. The van der Waals surface area contributed by atoms with E-state index in [1.807, 2.05) is 27.7 Å². The molecule has 0 fully saturated rings. The maximum atomic E-state index is 12.5. The van der Waals surface area contributed by atoms with Gasteiger partial charge >= 0.3 is 0 Å². The number of carbonyl (C=O) groups is 1. The number of aryl methyl sites for hydroxylation is 2. The molecule has 0 saturated heterocycles. The van der Waals surface area contributed by atoms with Crippen molar-refractivity contribution in [3.63, 3.8) is 0 Å². The van der Waals surface area contributed by atoms with E-state index in [4.69, 9.17) is 4.98 Å². The number of nitrogens with one attached hydrogen (secondary N) is 1. The molecular weight excluding hydrogens is 376 g/mol. The molecule has 1 N–H and O–H groups in total. The largest absolute Gasteiger partial charge is 0.366 e. The summed E-state index contributed by atoms with van der Waals surface area (Å²) in [6.07, 6.45) is 3.11. The molecule has 0 spiro atoms. The second kappa shape index (κ2) is 8.47. The Labute approximate surface area is 170 Å². The summed E-state index contributed by atoms with van der Waals surface area (Å²) < 4.78 is 26.4. The average molecular weight is 405 g/mol. The van der Waals surface area contributed by atoms with Crippen molar-refractivity contribution in [3.05, 3.63) is 35.3 Å². The van der Waals surface area contributed by atoms with Gasteiger partial charge in [0.2, 0.25) is 5.91 Å². The van der Waals surface area contributed by atoms with Crippen molar-refractivity contribution in [3.8, 4) is 0 Å². The number of halogens is 2. The first-order valence-electron chi connectivity index (χ1n) is 9.95. The molecule has 29 heavy (non-hydrogen) atoms. The quantitative estimate of drug-likeness (QED) is 0.783. The molecule has 0 aromatic carbocycles. The second-order valence-corrected chi connectivity index (χ2v) is 8.89. The van der Waals surface area contributed by atoms with Crippen molar-refractivity contribution in [2.75, 3.05) is 16.8 Å². The number of fused-ring (bicyclic) bond motifs is 1. The van der Waals surface area contributed by atoms with Crippen LogP contribution in [0.2, 0.25) is 0 Å². The Hall–Kier alpha value is -2.51. The van der Waals surface area contributed by atoms with Gasteiger partial charge in [0.1, 0.15) is 12.4 Å². The summed E-state index contributed by atoms with van der Waals surface area (Å²) in [6, 6.07) is 2.05. The Morgan fingerprint density at radius 3 is 2.79 bits per heavy atom. The fourth-order valence-corrected chi connectivity index (χ4v) is 3.55. The van der Waals surface area contributed by atoms with Gasteiger partial charge in [-0.25, -0.2) is 13.8 Å². The van der Waals surface area contributed by atoms with Gasteiger partial charge in [-0.2, -0.15) is 5.10 Å². The lowest BCUT2D eigenvalue weighted by Gasteiger charge is -2.31. The molecule has 0 saturated carbocycles. The number of rotatable bonds is 6. The van der Waals surface area contributed by atoms with E-state index in [0.29, 0.717) is 18.8 Å². The van der Waals surface area contributed by atoms with E-state index in [1.54, 1.807) is 12.4 Å². The first-order valence-corrected chi connectivity index (χ1v) is 9.95. The van der Waals surface area contributed by atoms with Gasteiger partial charge in [-0.15, -0.1) is 0 Å². The maximum absolute atomic E-state index is 12.5. The predicted octanol–water partition coefficient (Wildman–Crippen LogP) is 4.18. The van der Waals surface area contributed by atoms with Crippen LogP contribution in [0.3, 0.4) is 0 Å². The highest BCUT2D eigenvalue weighted by molar-refractivity contribution is 5.91. The number of amides is 1. The Bertz CT molecular complexity index is 872. The molecule has 1 aliphatic heterocycles. The van der Waals surface area contributed by atoms with E-state index in [9.17, 15) is 13.6 Å². The molecule has 0 unspecified atom stereocenters. The van der Waals surface area contributed by atoms with Gasteiger partial charge in [-0.1, -0.05) is 20.8 Å². The van der Waals surface area contributed by atoms with E-state index in [2.05, 4.69) is 21.4 Å². The Kier molecular flexibility index (Phi) is 6.19. The third-order valence-corrected chi connectivity index (χ3v) is 4.79. The van der Waals surface area contributed by atoms with Crippen LogP contribution >= 0.6 is 0 Å². The molecule has 158 valence electrons. The number of alkyl halides is 2. The molecule has 1 aliphatic rings. The molecule has 1 amide bonds. The Morgan fingerprint density at radius 1 is 1.34 bits per heavy atom. The summed E-state index contributed by atoms with van der Waals surface area (Å²) in [6.45, 7) is 9.09. The summed E-state index contributed by atoms with van der Waals surface area (Å²) >= 11 is 0. The van der Waals surface area contributed by atoms with Crippen LogP contribution in [0.4, 0.5) is 20.3 Å². The van der Waals surface area contributed by atoms with Crippen molar-refractivity contribution in [2.24, 2.45) is 5.41 Å². The van der Waals surface area contributed by atoms with Crippen LogP contribution in [0.25, 0.3) is 0 Å². The van der Waals surface area contributed by atoms with Crippen LogP contribution in [0.1, 0.15) is 50.4 Å². The predicted molar refractivity (Wildman–Crippen MR) is 109 cm³/mol. The molecule has 6 nitrogen and oxygen atoms in total. The van der Waals surface area contributed by atoms with E-state index >= 15 is 0 Å². The fourth-order valence-electron chi connectivity index (χ4n) is 3.55. The number of anilines is 2. The topological polar surface area (TPSA) is 63.1 Å². The Morgan fingerprint density at radius 2 is 2.10 bits per heavy atom. The number of hydrogen-bond acceptors (Lipinski definition) is 4. The normalized spacial score (nSPS) is 14.2. The summed E-state index contributed by atoms with van der Waals surface area (Å²) in [5.74, 6) is 0.580. The molecule has 8 heteroatoms. The number of pyridine rings is 1. The van der Waals surface area contributed by atoms with Gasteiger partial charge in [0.25, 0.3) is 6.43 Å². The highest BCUT2D eigenvalue weighted by Crippen LogP contribution is 2.31. The first kappa shape index (κ1) is 21.2. The standard InChI is InChI=1S/C21H29F2N5O/c1-14-8-17-16(25-20(14)26-19(29)9-21(2,3)4)6-5-7-27(17)11-15-10-24-28(12-15)13-18(22)23/h8,10,12,18H,5-7,9,11,13H2,1-4H3,(H,25,26,29). The second-order valence-electron chi connectivity index (χ2n) is 8.89. The van der Waals surface area contributed by atoms with Crippen molar-refractivity contribution >= 4 is 17.4 Å². The highest BCUT2D eigenvalue weighted by Gasteiger charge is 2.22. The minimum atomic E-state index is -2.42. The van der Waals surface area contributed by atoms with Gasteiger partial charge < -0.3 is 10.2 Å². The summed E-state index contributed by atoms with van der Waals surface area (Å²) in [7, 11) is 0. The summed E-state index contributed by atoms with van der Waals surface area (Å²) in [4.78, 5) is 19.2. The Balaban J connectivity index is 1.75. The lowest BCUT2D eigenvalue weighted by Crippen LogP contribution is -2.30. The molecule has 2 aromatic rings. The van der Waals surface area contributed by atoms with Crippen molar-refractivity contribution in [2.45, 2.75) is 66.5 Å². The monoisotopic (exact) mass is 405 g/mol. The van der Waals surface area contributed by atoms with Crippen LogP contribution in [0.15, 0.2) is 18.5 Å². The van der Waals surface area contributed by atoms with Crippen LogP contribution in [-0.4, -0.2) is 33.6 Å². The van der Waals surface area contributed by atoms with Crippen molar-refractivity contribution < 1.29 is 13.6 Å². The zero-order chi connectivity index (χ0) is 21.2. The zero-order valence-electron chi connectivity index (χ0n) is 17.5. The zero-order valence-corrected chi connectivity index (χ0v) is 17.5. The van der Waals surface area contributed by atoms with Crippen molar-refractivity contribution in [1.82, 2.24) is 14.8 Å². The van der Waals surface area contributed by atoms with Crippen molar-refractivity contribution in [1.29, 1.82) is 0 Å². The smallest absolute Gasteiger partial charge is 0.257 e. The molecule has 0 atom stereocenters. The van der Waals surface area contributed by atoms with Crippen LogP contribution in [0, 0.1) is 12.3 Å². The average Bonchev–Trinajstić information content (AvgIpc) is 3.00. The number of hydrogen-bond donors (Lipinski definition) is 1. The first-order chi connectivity index (χ1) is 13.6. The van der Waals surface area contributed by atoms with Crippen LogP contribution < -0.4 is 10.2 Å². The molecule has 3 heterocycles. The molecular formula is C21H29F2N5O.